The first-order valence-corrected chi connectivity index (χ1v) is 6.04. The molecule has 3 heterocycles. The van der Waals surface area contributed by atoms with Gasteiger partial charge in [-0.3, -0.25) is 0 Å². The summed E-state index contributed by atoms with van der Waals surface area (Å²) in [7, 11) is 0. The van der Waals surface area contributed by atoms with Crippen LogP contribution in [-0.2, 0) is 13.0 Å². The van der Waals surface area contributed by atoms with Gasteiger partial charge in [0.25, 0.3) is 0 Å². The van der Waals surface area contributed by atoms with Crippen LogP contribution in [0.5, 0.6) is 0 Å². The Morgan fingerprint density at radius 2 is 2.33 bits per heavy atom. The number of aromatic nitrogens is 3. The van der Waals surface area contributed by atoms with Gasteiger partial charge in [0.1, 0.15) is 5.69 Å². The van der Waals surface area contributed by atoms with Crippen molar-refractivity contribution < 1.29 is 0 Å². The lowest BCUT2D eigenvalue weighted by Crippen LogP contribution is -2.10. The van der Waals surface area contributed by atoms with E-state index in [-0.39, 0.29) is 0 Å². The predicted octanol–water partition coefficient (Wildman–Crippen LogP) is 2.98. The van der Waals surface area contributed by atoms with E-state index in [0.717, 1.165) is 29.1 Å². The molecule has 0 radical (unpaired) electrons. The fourth-order valence-electron chi connectivity index (χ4n) is 2.19. The van der Waals surface area contributed by atoms with Gasteiger partial charge in [-0.05, 0) is 47.3 Å². The van der Waals surface area contributed by atoms with E-state index < -0.39 is 0 Å². The summed E-state index contributed by atoms with van der Waals surface area (Å²) in [6, 6.07) is 4.09. The maximum atomic E-state index is 4.58. The fraction of sp³-hybridized carbons (Fsp3) is 0.364. The first-order valence-electron chi connectivity index (χ1n) is 5.25. The molecule has 1 N–H and O–H groups in total. The first kappa shape index (κ1) is 9.21. The Morgan fingerprint density at radius 3 is 3.13 bits per heavy atom. The van der Waals surface area contributed by atoms with Crippen LogP contribution in [0.15, 0.2) is 23.1 Å². The number of hydrogen-bond acceptors (Lipinski definition) is 1. The number of nitrogens with one attached hydrogen (secondary N) is 1. The Hall–Kier alpha value is -1.03. The maximum absolute atomic E-state index is 4.58. The highest BCUT2D eigenvalue weighted by Gasteiger charge is 2.19. The summed E-state index contributed by atoms with van der Waals surface area (Å²) >= 11 is 3.53. The van der Waals surface area contributed by atoms with E-state index in [9.17, 15) is 0 Å². The normalized spacial score (nSPS) is 15.3. The molecule has 0 aromatic carbocycles. The summed E-state index contributed by atoms with van der Waals surface area (Å²) in [6.45, 7) is 1.09. The molecule has 0 atom stereocenters. The molecule has 0 saturated carbocycles. The smallest absolute Gasteiger partial charge is 0.177 e. The Balaban J connectivity index is 2.16. The zero-order chi connectivity index (χ0) is 10.3. The van der Waals surface area contributed by atoms with Crippen LogP contribution in [0.25, 0.3) is 11.4 Å². The molecule has 0 fully saturated rings. The average molecular weight is 266 g/mol. The summed E-state index contributed by atoms with van der Waals surface area (Å²) < 4.78 is 3.24. The topological polar surface area (TPSA) is 33.6 Å². The highest BCUT2D eigenvalue weighted by atomic mass is 79.9. The molecule has 0 aliphatic carbocycles. The summed E-state index contributed by atoms with van der Waals surface area (Å²) in [6.07, 6.45) is 5.60. The van der Waals surface area contributed by atoms with Crippen molar-refractivity contribution in [3.05, 3.63) is 28.8 Å². The molecule has 4 heteroatoms. The first-order chi connectivity index (χ1) is 7.36. The summed E-state index contributed by atoms with van der Waals surface area (Å²) in [5, 5.41) is 0. The Morgan fingerprint density at radius 1 is 1.40 bits per heavy atom. The highest BCUT2D eigenvalue weighted by molar-refractivity contribution is 9.10. The van der Waals surface area contributed by atoms with Gasteiger partial charge in [0.2, 0.25) is 0 Å². The second kappa shape index (κ2) is 3.52. The van der Waals surface area contributed by atoms with Gasteiger partial charge in [0.15, 0.2) is 4.73 Å². The van der Waals surface area contributed by atoms with Crippen LogP contribution in [0, 0.1) is 0 Å². The van der Waals surface area contributed by atoms with Crippen LogP contribution in [0.4, 0.5) is 0 Å². The van der Waals surface area contributed by atoms with Crippen LogP contribution in [0.3, 0.4) is 0 Å². The third-order valence-electron chi connectivity index (χ3n) is 2.92. The zero-order valence-electron chi connectivity index (χ0n) is 8.33. The van der Waals surface area contributed by atoms with Crippen molar-refractivity contribution >= 4 is 15.9 Å². The number of imidazole rings is 1. The largest absolute Gasteiger partial charge is 0.360 e. The monoisotopic (exact) mass is 265 g/mol. The lowest BCUT2D eigenvalue weighted by Gasteiger charge is -2.15. The van der Waals surface area contributed by atoms with Gasteiger partial charge in [-0.1, -0.05) is 0 Å². The Labute approximate surface area is 96.7 Å². The lowest BCUT2D eigenvalue weighted by molar-refractivity contribution is 0.525. The molecule has 0 bridgehead atoms. The van der Waals surface area contributed by atoms with Gasteiger partial charge in [-0.2, -0.15) is 0 Å². The molecular formula is C11H12BrN3. The number of halogens is 1. The minimum atomic E-state index is 0.960. The predicted molar refractivity (Wildman–Crippen MR) is 62.7 cm³/mol. The molecule has 3 rings (SSSR count). The minimum Gasteiger partial charge on any atom is -0.360 e. The maximum Gasteiger partial charge on any atom is 0.177 e. The number of aromatic amines is 1. The van der Waals surface area contributed by atoms with Crippen molar-refractivity contribution in [1.29, 1.82) is 0 Å². The van der Waals surface area contributed by atoms with Crippen molar-refractivity contribution in [3.8, 4) is 11.4 Å². The van der Waals surface area contributed by atoms with Crippen LogP contribution >= 0.6 is 15.9 Å². The average Bonchev–Trinajstić information content (AvgIpc) is 2.87. The van der Waals surface area contributed by atoms with Gasteiger partial charge >= 0.3 is 0 Å². The van der Waals surface area contributed by atoms with Crippen LogP contribution < -0.4 is 0 Å². The van der Waals surface area contributed by atoms with Crippen LogP contribution in [-0.4, -0.2) is 14.5 Å². The van der Waals surface area contributed by atoms with Crippen molar-refractivity contribution in [1.82, 2.24) is 14.5 Å². The minimum absolute atomic E-state index is 0.960. The second-order valence-electron chi connectivity index (χ2n) is 3.87. The molecular weight excluding hydrogens is 254 g/mol. The van der Waals surface area contributed by atoms with Crippen molar-refractivity contribution in [2.45, 2.75) is 25.8 Å². The Bertz CT molecular complexity index is 470. The third kappa shape index (κ3) is 1.44. The lowest BCUT2D eigenvalue weighted by atomic mass is 10.1. The molecule has 0 spiro atoms. The van der Waals surface area contributed by atoms with Gasteiger partial charge in [-0.15, -0.1) is 0 Å². The molecule has 15 heavy (non-hydrogen) atoms. The number of nitrogens with zero attached hydrogens (tertiary/aromatic N) is 2. The number of rotatable bonds is 1. The summed E-state index contributed by atoms with van der Waals surface area (Å²) in [5.41, 5.74) is 3.58. The van der Waals surface area contributed by atoms with E-state index in [2.05, 4.69) is 36.5 Å². The number of fused-ring (bicyclic) bond motifs is 1. The molecule has 2 aromatic rings. The van der Waals surface area contributed by atoms with Crippen molar-refractivity contribution in [3.63, 3.8) is 0 Å². The number of H-pyrrole nitrogens is 1. The van der Waals surface area contributed by atoms with E-state index in [0.29, 0.717) is 0 Å². The van der Waals surface area contributed by atoms with E-state index in [4.69, 9.17) is 0 Å². The zero-order valence-corrected chi connectivity index (χ0v) is 9.92. The SMILES string of the molecule is Brc1nc(-c2ccc[nH]2)c2n1CCCC2. The molecule has 0 unspecified atom stereocenters. The summed E-state index contributed by atoms with van der Waals surface area (Å²) in [5.74, 6) is 0. The quantitative estimate of drug-likeness (QED) is 0.845. The fourth-order valence-corrected chi connectivity index (χ4v) is 2.76. The highest BCUT2D eigenvalue weighted by Crippen LogP contribution is 2.29. The molecule has 0 saturated heterocycles. The van der Waals surface area contributed by atoms with Crippen molar-refractivity contribution in [2.75, 3.05) is 0 Å². The van der Waals surface area contributed by atoms with Gasteiger partial charge in [0.05, 0.1) is 5.69 Å². The Kier molecular flexibility index (Phi) is 2.16. The van der Waals surface area contributed by atoms with E-state index in [1.54, 1.807) is 0 Å². The van der Waals surface area contributed by atoms with E-state index in [1.807, 2.05) is 12.3 Å². The van der Waals surface area contributed by atoms with Crippen LogP contribution in [0.2, 0.25) is 0 Å². The molecule has 3 nitrogen and oxygen atoms in total. The molecule has 78 valence electrons. The van der Waals surface area contributed by atoms with Gasteiger partial charge < -0.3 is 9.55 Å². The molecule has 0 amide bonds. The second-order valence-corrected chi connectivity index (χ2v) is 4.58. The number of hydrogen-bond donors (Lipinski definition) is 1. The van der Waals surface area contributed by atoms with Crippen molar-refractivity contribution in [2.24, 2.45) is 0 Å². The molecule has 1 aliphatic heterocycles. The molecule has 1 aliphatic rings. The third-order valence-corrected chi connectivity index (χ3v) is 3.53. The van der Waals surface area contributed by atoms with Gasteiger partial charge in [0, 0.05) is 18.4 Å². The van der Waals surface area contributed by atoms with E-state index >= 15 is 0 Å². The van der Waals surface area contributed by atoms with Crippen LogP contribution in [0.1, 0.15) is 18.5 Å². The summed E-state index contributed by atoms with van der Waals surface area (Å²) in [4.78, 5) is 7.80. The van der Waals surface area contributed by atoms with E-state index in [1.165, 1.54) is 18.5 Å². The standard InChI is InChI=1S/C11H12BrN3/c12-11-14-10(8-4-3-6-13-8)9-5-1-2-7-15(9)11/h3-4,6,13H,1-2,5,7H2. The molecule has 2 aromatic heterocycles. The van der Waals surface area contributed by atoms with Gasteiger partial charge in [-0.25, -0.2) is 4.98 Å².